The van der Waals surface area contributed by atoms with Crippen molar-refractivity contribution in [1.82, 2.24) is 10.2 Å². The lowest BCUT2D eigenvalue weighted by molar-refractivity contribution is -0.149. The molecule has 2 saturated heterocycles. The molecule has 0 spiro atoms. The minimum absolute atomic E-state index is 0. The van der Waals surface area contributed by atoms with E-state index in [4.69, 9.17) is 4.74 Å². The van der Waals surface area contributed by atoms with Gasteiger partial charge in [0.2, 0.25) is 0 Å². The van der Waals surface area contributed by atoms with Crippen LogP contribution in [0.4, 0.5) is 0 Å². The molecule has 4 nitrogen and oxygen atoms in total. The Balaban J connectivity index is 0.00000180. The number of hydrogen-bond donors (Lipinski definition) is 1. The Hall–Kier alpha value is -0.320. The van der Waals surface area contributed by atoms with Gasteiger partial charge in [0.15, 0.2) is 0 Å². The molecule has 0 aliphatic carbocycles. The van der Waals surface area contributed by atoms with Gasteiger partial charge in [-0.05, 0) is 57.2 Å². The van der Waals surface area contributed by atoms with Crippen LogP contribution >= 0.6 is 12.4 Å². The Morgan fingerprint density at radius 2 is 2.00 bits per heavy atom. The van der Waals surface area contributed by atoms with Gasteiger partial charge in [-0.25, -0.2) is 0 Å². The summed E-state index contributed by atoms with van der Waals surface area (Å²) < 4.78 is 4.96. The highest BCUT2D eigenvalue weighted by atomic mass is 35.5. The van der Waals surface area contributed by atoms with E-state index >= 15 is 0 Å². The van der Waals surface area contributed by atoms with Crippen LogP contribution in [0.5, 0.6) is 0 Å². The van der Waals surface area contributed by atoms with Crippen LogP contribution in [0.3, 0.4) is 0 Å². The van der Waals surface area contributed by atoms with Crippen LogP contribution in [0.2, 0.25) is 0 Å². The zero-order valence-corrected chi connectivity index (χ0v) is 12.9. The quantitative estimate of drug-likeness (QED) is 0.803. The van der Waals surface area contributed by atoms with Crippen molar-refractivity contribution in [2.75, 3.05) is 33.3 Å². The van der Waals surface area contributed by atoms with Crippen LogP contribution in [-0.4, -0.2) is 50.2 Å². The molecule has 0 saturated carbocycles. The van der Waals surface area contributed by atoms with Gasteiger partial charge in [-0.1, -0.05) is 6.92 Å². The molecular weight excluding hydrogens is 264 g/mol. The number of halogens is 1. The number of piperidine rings is 2. The third-order valence-electron chi connectivity index (χ3n) is 4.40. The molecule has 0 amide bonds. The first-order valence-electron chi connectivity index (χ1n) is 7.23. The average Bonchev–Trinajstić information content (AvgIpc) is 2.41. The second-order valence-corrected chi connectivity index (χ2v) is 5.86. The standard InChI is InChI=1S/C14H26N2O2.ClH/c1-11-5-8-16(13(9-11)14(17)18-2)10-12-3-6-15-7-4-12;/h11-13,15H,3-10H2,1-2H3;1H. The number of hydrogen-bond acceptors (Lipinski definition) is 4. The molecule has 112 valence electrons. The van der Waals surface area contributed by atoms with Crippen molar-refractivity contribution >= 4 is 18.4 Å². The summed E-state index contributed by atoms with van der Waals surface area (Å²) in [6.07, 6.45) is 4.63. The van der Waals surface area contributed by atoms with Gasteiger partial charge in [0.1, 0.15) is 6.04 Å². The zero-order valence-electron chi connectivity index (χ0n) is 12.1. The Labute approximate surface area is 122 Å². The molecule has 0 bridgehead atoms. The predicted molar refractivity (Wildman–Crippen MR) is 78.6 cm³/mol. The van der Waals surface area contributed by atoms with Crippen molar-refractivity contribution in [2.45, 2.75) is 38.6 Å². The van der Waals surface area contributed by atoms with Crippen LogP contribution in [0.25, 0.3) is 0 Å². The van der Waals surface area contributed by atoms with E-state index in [-0.39, 0.29) is 24.4 Å². The molecule has 2 unspecified atom stereocenters. The topological polar surface area (TPSA) is 41.6 Å². The molecule has 5 heteroatoms. The van der Waals surface area contributed by atoms with Gasteiger partial charge in [-0.15, -0.1) is 12.4 Å². The number of likely N-dealkylation sites (tertiary alicyclic amines) is 1. The lowest BCUT2D eigenvalue weighted by Gasteiger charge is -2.39. The van der Waals surface area contributed by atoms with E-state index in [0.29, 0.717) is 5.92 Å². The molecule has 0 aromatic rings. The number of ether oxygens (including phenoxy) is 1. The lowest BCUT2D eigenvalue weighted by atomic mass is 9.90. The van der Waals surface area contributed by atoms with E-state index in [9.17, 15) is 4.79 Å². The number of rotatable bonds is 3. The van der Waals surface area contributed by atoms with E-state index < -0.39 is 0 Å². The van der Waals surface area contributed by atoms with E-state index in [1.165, 1.54) is 26.4 Å². The summed E-state index contributed by atoms with van der Waals surface area (Å²) in [4.78, 5) is 14.3. The first-order chi connectivity index (χ1) is 8.70. The second-order valence-electron chi connectivity index (χ2n) is 5.86. The number of carbonyl (C=O) groups is 1. The first-order valence-corrected chi connectivity index (χ1v) is 7.23. The largest absolute Gasteiger partial charge is 0.468 e. The smallest absolute Gasteiger partial charge is 0.323 e. The third kappa shape index (κ3) is 4.62. The molecule has 2 aliphatic rings. The number of nitrogens with zero attached hydrogens (tertiary/aromatic N) is 1. The molecule has 0 aromatic carbocycles. The molecule has 2 rings (SSSR count). The number of esters is 1. The monoisotopic (exact) mass is 290 g/mol. The molecular formula is C14H27ClN2O2. The molecule has 2 atom stereocenters. The van der Waals surface area contributed by atoms with Gasteiger partial charge in [-0.2, -0.15) is 0 Å². The predicted octanol–water partition coefficient (Wildman–Crippen LogP) is 1.68. The number of methoxy groups -OCH3 is 1. The fraction of sp³-hybridized carbons (Fsp3) is 0.929. The van der Waals surface area contributed by atoms with Gasteiger partial charge < -0.3 is 10.1 Å². The Bertz CT molecular complexity index is 283. The summed E-state index contributed by atoms with van der Waals surface area (Å²) >= 11 is 0. The fourth-order valence-corrected chi connectivity index (χ4v) is 3.19. The maximum absolute atomic E-state index is 11.9. The van der Waals surface area contributed by atoms with Gasteiger partial charge >= 0.3 is 5.97 Å². The average molecular weight is 291 g/mol. The van der Waals surface area contributed by atoms with Crippen LogP contribution in [0.15, 0.2) is 0 Å². The maximum Gasteiger partial charge on any atom is 0.323 e. The molecule has 0 radical (unpaired) electrons. The number of carbonyl (C=O) groups excluding carboxylic acids is 1. The summed E-state index contributed by atoms with van der Waals surface area (Å²) in [6, 6.07) is -0.00589. The van der Waals surface area contributed by atoms with Crippen LogP contribution in [0.1, 0.15) is 32.6 Å². The Morgan fingerprint density at radius 3 is 2.63 bits per heavy atom. The van der Waals surface area contributed by atoms with Crippen molar-refractivity contribution in [1.29, 1.82) is 0 Å². The van der Waals surface area contributed by atoms with Crippen molar-refractivity contribution < 1.29 is 9.53 Å². The Morgan fingerprint density at radius 1 is 1.32 bits per heavy atom. The first kappa shape index (κ1) is 16.7. The normalized spacial score (nSPS) is 29.6. The minimum Gasteiger partial charge on any atom is -0.468 e. The van der Waals surface area contributed by atoms with Crippen molar-refractivity contribution in [3.05, 3.63) is 0 Å². The highest BCUT2D eigenvalue weighted by Crippen LogP contribution is 2.25. The maximum atomic E-state index is 11.9. The molecule has 2 fully saturated rings. The highest BCUT2D eigenvalue weighted by Gasteiger charge is 2.33. The van der Waals surface area contributed by atoms with Crippen molar-refractivity contribution in [3.8, 4) is 0 Å². The van der Waals surface area contributed by atoms with E-state index in [2.05, 4.69) is 17.1 Å². The molecule has 2 heterocycles. The Kier molecular flexibility index (Phi) is 7.11. The van der Waals surface area contributed by atoms with Gasteiger partial charge in [0.05, 0.1) is 7.11 Å². The molecule has 2 aliphatic heterocycles. The summed E-state index contributed by atoms with van der Waals surface area (Å²) in [5.74, 6) is 1.33. The minimum atomic E-state index is -0.0458. The van der Waals surface area contributed by atoms with Crippen LogP contribution in [-0.2, 0) is 9.53 Å². The molecule has 19 heavy (non-hydrogen) atoms. The summed E-state index contributed by atoms with van der Waals surface area (Å²) in [6.45, 7) is 6.59. The lowest BCUT2D eigenvalue weighted by Crippen LogP contribution is -2.49. The van der Waals surface area contributed by atoms with Crippen molar-refractivity contribution in [2.24, 2.45) is 11.8 Å². The third-order valence-corrected chi connectivity index (χ3v) is 4.40. The van der Waals surface area contributed by atoms with Crippen LogP contribution < -0.4 is 5.32 Å². The highest BCUT2D eigenvalue weighted by molar-refractivity contribution is 5.85. The fourth-order valence-electron chi connectivity index (χ4n) is 3.19. The summed E-state index contributed by atoms with van der Waals surface area (Å²) in [5, 5.41) is 3.39. The zero-order chi connectivity index (χ0) is 13.0. The molecule has 1 N–H and O–H groups in total. The van der Waals surface area contributed by atoms with Gasteiger partial charge in [-0.3, -0.25) is 9.69 Å². The molecule has 0 aromatic heterocycles. The second kappa shape index (κ2) is 8.08. The van der Waals surface area contributed by atoms with Gasteiger partial charge in [0.25, 0.3) is 0 Å². The van der Waals surface area contributed by atoms with Gasteiger partial charge in [0, 0.05) is 6.54 Å². The summed E-state index contributed by atoms with van der Waals surface area (Å²) in [5.41, 5.74) is 0. The van der Waals surface area contributed by atoms with E-state index in [1.807, 2.05) is 0 Å². The summed E-state index contributed by atoms with van der Waals surface area (Å²) in [7, 11) is 1.50. The van der Waals surface area contributed by atoms with E-state index in [0.717, 1.165) is 38.5 Å². The SMILES string of the molecule is COC(=O)C1CC(C)CCN1CC1CCNCC1.Cl. The van der Waals surface area contributed by atoms with Crippen LogP contribution in [0, 0.1) is 11.8 Å². The van der Waals surface area contributed by atoms with Crippen molar-refractivity contribution in [3.63, 3.8) is 0 Å². The van der Waals surface area contributed by atoms with E-state index in [1.54, 1.807) is 0 Å². The number of nitrogens with one attached hydrogen (secondary N) is 1.